The van der Waals surface area contributed by atoms with Crippen molar-refractivity contribution in [1.29, 1.82) is 0 Å². The van der Waals surface area contributed by atoms with Crippen molar-refractivity contribution in [3.63, 3.8) is 0 Å². The van der Waals surface area contributed by atoms with Crippen LogP contribution < -0.4 is 5.32 Å². The smallest absolute Gasteiger partial charge is 0.214 e. The Hall–Kier alpha value is -0.130. The first-order chi connectivity index (χ1) is 7.45. The summed E-state index contributed by atoms with van der Waals surface area (Å²) in [5.41, 5.74) is 0. The summed E-state index contributed by atoms with van der Waals surface area (Å²) < 4.78 is 25.4. The van der Waals surface area contributed by atoms with E-state index in [2.05, 4.69) is 12.2 Å². The molecule has 0 radical (unpaired) electrons. The van der Waals surface area contributed by atoms with Crippen LogP contribution in [0.5, 0.6) is 0 Å². The number of hydrogen-bond donors (Lipinski definition) is 1. The van der Waals surface area contributed by atoms with E-state index in [1.165, 1.54) is 4.31 Å². The number of hydrogen-bond acceptors (Lipinski definition) is 3. The number of nitrogens with zero attached hydrogens (tertiary/aromatic N) is 1. The third kappa shape index (κ3) is 5.82. The van der Waals surface area contributed by atoms with Gasteiger partial charge in [0.05, 0.1) is 5.75 Å². The number of unbranched alkanes of at least 4 members (excludes halogenated alkanes) is 1. The molecule has 0 aromatic carbocycles. The van der Waals surface area contributed by atoms with Crippen molar-refractivity contribution in [3.05, 3.63) is 0 Å². The fraction of sp³-hybridized carbons (Fsp3) is 1.00. The normalized spacial score (nSPS) is 14.3. The second-order valence-corrected chi connectivity index (χ2v) is 6.43. The molecule has 1 N–H and O–H groups in total. The lowest BCUT2D eigenvalue weighted by molar-refractivity contribution is 0.368. The van der Waals surface area contributed by atoms with Crippen LogP contribution in [-0.4, -0.2) is 45.2 Å². The summed E-state index contributed by atoms with van der Waals surface area (Å²) in [6, 6.07) is 0.110. The highest BCUT2D eigenvalue weighted by Crippen LogP contribution is 2.11. The number of sulfonamides is 1. The van der Waals surface area contributed by atoms with Crippen molar-refractivity contribution < 1.29 is 8.42 Å². The highest BCUT2D eigenvalue weighted by molar-refractivity contribution is 7.89. The lowest BCUT2D eigenvalue weighted by Crippen LogP contribution is -2.36. The van der Waals surface area contributed by atoms with Gasteiger partial charge in [-0.1, -0.05) is 13.3 Å². The molecule has 0 bridgehead atoms. The summed E-state index contributed by atoms with van der Waals surface area (Å²) in [5, 5.41) is 3.02. The minimum absolute atomic E-state index is 0.110. The molecule has 0 fully saturated rings. The number of nitrogens with one attached hydrogen (secondary N) is 1. The Morgan fingerprint density at radius 2 is 1.94 bits per heavy atom. The minimum atomic E-state index is -3.06. The molecule has 4 nitrogen and oxygen atoms in total. The van der Waals surface area contributed by atoms with Crippen LogP contribution in [0.2, 0.25) is 0 Å². The van der Waals surface area contributed by atoms with Gasteiger partial charge in [0.15, 0.2) is 0 Å². The Balaban J connectivity index is 4.10. The maximum absolute atomic E-state index is 11.9. The van der Waals surface area contributed by atoms with Crippen molar-refractivity contribution in [2.24, 2.45) is 0 Å². The van der Waals surface area contributed by atoms with Crippen molar-refractivity contribution in [2.75, 3.05) is 26.4 Å². The van der Waals surface area contributed by atoms with E-state index in [1.54, 1.807) is 7.05 Å². The van der Waals surface area contributed by atoms with E-state index in [9.17, 15) is 8.42 Å². The van der Waals surface area contributed by atoms with E-state index >= 15 is 0 Å². The van der Waals surface area contributed by atoms with Gasteiger partial charge >= 0.3 is 0 Å². The van der Waals surface area contributed by atoms with Gasteiger partial charge in [0, 0.05) is 13.1 Å². The zero-order valence-electron chi connectivity index (χ0n) is 11.0. The Kier molecular flexibility index (Phi) is 7.97. The molecule has 0 aliphatic rings. The van der Waals surface area contributed by atoms with Crippen LogP contribution in [0.3, 0.4) is 0 Å². The molecule has 98 valence electrons. The van der Waals surface area contributed by atoms with E-state index in [-0.39, 0.29) is 11.8 Å². The number of rotatable bonds is 9. The molecule has 16 heavy (non-hydrogen) atoms. The molecule has 0 heterocycles. The molecule has 0 amide bonds. The predicted octanol–water partition coefficient (Wildman–Crippen LogP) is 1.44. The van der Waals surface area contributed by atoms with Crippen molar-refractivity contribution in [3.8, 4) is 0 Å². The van der Waals surface area contributed by atoms with E-state index in [0.29, 0.717) is 0 Å². The van der Waals surface area contributed by atoms with Crippen molar-refractivity contribution in [2.45, 2.75) is 45.6 Å². The van der Waals surface area contributed by atoms with Gasteiger partial charge in [-0.25, -0.2) is 12.7 Å². The summed E-state index contributed by atoms with van der Waals surface area (Å²) >= 11 is 0. The molecule has 1 unspecified atom stereocenters. The molecular formula is C11H26N2O2S. The average molecular weight is 250 g/mol. The SMILES string of the molecule is CCCC(C)N(C)S(=O)(=O)CCCCNC. The van der Waals surface area contributed by atoms with Crippen LogP contribution in [0.4, 0.5) is 0 Å². The third-order valence-corrected chi connectivity index (χ3v) is 4.89. The first kappa shape index (κ1) is 15.9. The van der Waals surface area contributed by atoms with Gasteiger partial charge in [-0.15, -0.1) is 0 Å². The Morgan fingerprint density at radius 3 is 2.44 bits per heavy atom. The second-order valence-electron chi connectivity index (χ2n) is 4.28. The standard InChI is InChI=1S/C11H26N2O2S/c1-5-8-11(2)13(4)16(14,15)10-7-6-9-12-3/h11-12H,5-10H2,1-4H3. The second kappa shape index (κ2) is 8.03. The fourth-order valence-electron chi connectivity index (χ4n) is 1.60. The molecule has 0 aromatic heterocycles. The van der Waals surface area contributed by atoms with Gasteiger partial charge in [0.25, 0.3) is 0 Å². The molecule has 0 rings (SSSR count). The van der Waals surface area contributed by atoms with Gasteiger partial charge in [-0.05, 0) is 39.8 Å². The van der Waals surface area contributed by atoms with E-state index in [4.69, 9.17) is 0 Å². The lowest BCUT2D eigenvalue weighted by atomic mass is 10.2. The summed E-state index contributed by atoms with van der Waals surface area (Å²) in [5.74, 6) is 0.263. The van der Waals surface area contributed by atoms with Crippen LogP contribution in [0.25, 0.3) is 0 Å². The maximum atomic E-state index is 11.9. The molecule has 0 saturated heterocycles. The van der Waals surface area contributed by atoms with Gasteiger partial charge in [-0.2, -0.15) is 0 Å². The minimum Gasteiger partial charge on any atom is -0.320 e. The molecule has 1 atom stereocenters. The van der Waals surface area contributed by atoms with E-state index in [0.717, 1.165) is 32.2 Å². The van der Waals surface area contributed by atoms with Crippen molar-refractivity contribution in [1.82, 2.24) is 9.62 Å². The van der Waals surface area contributed by atoms with Crippen LogP contribution in [0.15, 0.2) is 0 Å². The topological polar surface area (TPSA) is 49.4 Å². The van der Waals surface area contributed by atoms with Gasteiger partial charge < -0.3 is 5.32 Å². The Morgan fingerprint density at radius 1 is 1.31 bits per heavy atom. The molecule has 0 aliphatic carbocycles. The summed E-state index contributed by atoms with van der Waals surface area (Å²) in [6.07, 6.45) is 3.57. The average Bonchev–Trinajstić information content (AvgIpc) is 2.23. The molecule has 0 aromatic rings. The molecule has 0 saturated carbocycles. The van der Waals surface area contributed by atoms with Gasteiger partial charge in [0.1, 0.15) is 0 Å². The first-order valence-electron chi connectivity index (χ1n) is 6.06. The highest BCUT2D eigenvalue weighted by atomic mass is 32.2. The summed E-state index contributed by atoms with van der Waals surface area (Å²) in [6.45, 7) is 4.92. The quantitative estimate of drug-likeness (QED) is 0.630. The molecule has 0 spiro atoms. The monoisotopic (exact) mass is 250 g/mol. The first-order valence-corrected chi connectivity index (χ1v) is 7.67. The fourth-order valence-corrected chi connectivity index (χ4v) is 3.11. The molecule has 0 aliphatic heterocycles. The Labute approximate surface area is 100 Å². The zero-order valence-corrected chi connectivity index (χ0v) is 11.8. The molecule has 5 heteroatoms. The highest BCUT2D eigenvalue weighted by Gasteiger charge is 2.21. The lowest BCUT2D eigenvalue weighted by Gasteiger charge is -2.23. The van der Waals surface area contributed by atoms with Crippen LogP contribution >= 0.6 is 0 Å². The largest absolute Gasteiger partial charge is 0.320 e. The van der Waals surface area contributed by atoms with Crippen LogP contribution in [0, 0.1) is 0 Å². The summed E-state index contributed by atoms with van der Waals surface area (Å²) in [7, 11) is 0.511. The van der Waals surface area contributed by atoms with Gasteiger partial charge in [0.2, 0.25) is 10.0 Å². The Bertz CT molecular complexity index is 265. The van der Waals surface area contributed by atoms with Gasteiger partial charge in [-0.3, -0.25) is 0 Å². The van der Waals surface area contributed by atoms with Crippen LogP contribution in [0.1, 0.15) is 39.5 Å². The van der Waals surface area contributed by atoms with Crippen molar-refractivity contribution >= 4 is 10.0 Å². The summed E-state index contributed by atoms with van der Waals surface area (Å²) in [4.78, 5) is 0. The van der Waals surface area contributed by atoms with Crippen LogP contribution in [-0.2, 0) is 10.0 Å². The van der Waals surface area contributed by atoms with E-state index in [1.807, 2.05) is 14.0 Å². The predicted molar refractivity (Wildman–Crippen MR) is 69.1 cm³/mol. The maximum Gasteiger partial charge on any atom is 0.214 e. The zero-order chi connectivity index (χ0) is 12.6. The third-order valence-electron chi connectivity index (χ3n) is 2.85. The van der Waals surface area contributed by atoms with E-state index < -0.39 is 10.0 Å². The molecular weight excluding hydrogens is 224 g/mol.